The first-order valence-electron chi connectivity index (χ1n) is 8.79. The number of nitrogens with zero attached hydrogens (tertiary/aromatic N) is 3. The molecule has 4 aromatic rings. The minimum absolute atomic E-state index is 0.0503. The van der Waals surface area contributed by atoms with Crippen molar-refractivity contribution in [2.45, 2.75) is 13.0 Å². The van der Waals surface area contributed by atoms with Gasteiger partial charge in [0.2, 0.25) is 0 Å². The van der Waals surface area contributed by atoms with Gasteiger partial charge < -0.3 is 16.4 Å². The molecule has 2 heterocycles. The lowest BCUT2D eigenvalue weighted by molar-refractivity contribution is 0.638. The van der Waals surface area contributed by atoms with Crippen molar-refractivity contribution in [3.8, 4) is 11.1 Å². The largest absolute Gasteiger partial charge is 0.375 e. The number of aromatic nitrogens is 3. The zero-order chi connectivity index (χ0) is 20.7. The summed E-state index contributed by atoms with van der Waals surface area (Å²) in [5, 5.41) is 7.08. The molecule has 2 aromatic carbocycles. The van der Waals surface area contributed by atoms with Gasteiger partial charge in [-0.3, -0.25) is 0 Å². The second-order valence-electron chi connectivity index (χ2n) is 6.59. The van der Waals surface area contributed by atoms with Gasteiger partial charge in [-0.25, -0.2) is 23.7 Å². The van der Waals surface area contributed by atoms with Crippen LogP contribution in [0.2, 0.25) is 5.02 Å². The number of nitrogens with one attached hydrogen (secondary N) is 2. The molecular formula is C19H17ClF2N6S. The Balaban J connectivity index is 1.93. The number of halogens is 3. The van der Waals surface area contributed by atoms with E-state index in [2.05, 4.69) is 25.6 Å². The first-order chi connectivity index (χ1) is 13.9. The van der Waals surface area contributed by atoms with Gasteiger partial charge in [0.05, 0.1) is 15.2 Å². The SMILES string of the molecule is CNCC(C)Nc1ncnc2c(F)c(-c3ccc(F)c4sc(N)nc34)c(Cl)cc12. The number of nitrogens with two attached hydrogens (primary N) is 1. The zero-order valence-corrected chi connectivity index (χ0v) is 17.1. The monoisotopic (exact) mass is 434 g/mol. The number of thiazole rings is 1. The fourth-order valence-electron chi connectivity index (χ4n) is 3.28. The number of fused-ring (bicyclic) bond motifs is 2. The van der Waals surface area contributed by atoms with Crippen LogP contribution in [0, 0.1) is 11.6 Å². The Morgan fingerprint density at radius 3 is 2.79 bits per heavy atom. The zero-order valence-electron chi connectivity index (χ0n) is 15.6. The van der Waals surface area contributed by atoms with E-state index in [1.165, 1.54) is 18.5 Å². The highest BCUT2D eigenvalue weighted by molar-refractivity contribution is 7.22. The highest BCUT2D eigenvalue weighted by Gasteiger charge is 2.22. The number of benzene rings is 2. The molecule has 0 aliphatic heterocycles. The third kappa shape index (κ3) is 3.45. The van der Waals surface area contributed by atoms with Crippen LogP contribution >= 0.6 is 22.9 Å². The number of hydrogen-bond acceptors (Lipinski definition) is 7. The van der Waals surface area contributed by atoms with Crippen molar-refractivity contribution in [1.29, 1.82) is 0 Å². The standard InChI is InChI=1S/C19H17ClF2N6S/c1-8(6-24-2)27-18-10-5-11(20)13(14(22)15(10)25-7-26-18)9-3-4-12(21)17-16(9)28-19(23)29-17/h3-5,7-8,24H,6H2,1-2H3,(H2,23,28)(H,25,26,27). The second-order valence-corrected chi connectivity index (χ2v) is 8.03. The molecule has 0 bridgehead atoms. The lowest BCUT2D eigenvalue weighted by atomic mass is 10.0. The van der Waals surface area contributed by atoms with Crippen LogP contribution in [-0.4, -0.2) is 34.6 Å². The number of hydrogen-bond donors (Lipinski definition) is 3. The average molecular weight is 435 g/mol. The molecule has 0 saturated heterocycles. The van der Waals surface area contributed by atoms with E-state index in [-0.39, 0.29) is 37.5 Å². The summed E-state index contributed by atoms with van der Waals surface area (Å²) < 4.78 is 29.9. The number of nitrogen functional groups attached to an aromatic ring is 1. The van der Waals surface area contributed by atoms with Crippen LogP contribution in [-0.2, 0) is 0 Å². The normalized spacial score (nSPS) is 12.6. The van der Waals surface area contributed by atoms with Crippen LogP contribution in [0.25, 0.3) is 32.2 Å². The van der Waals surface area contributed by atoms with Crippen LogP contribution in [0.5, 0.6) is 0 Å². The first-order valence-corrected chi connectivity index (χ1v) is 9.99. The molecule has 2 aromatic heterocycles. The van der Waals surface area contributed by atoms with Crippen molar-refractivity contribution in [2.75, 3.05) is 24.6 Å². The summed E-state index contributed by atoms with van der Waals surface area (Å²) in [4.78, 5) is 12.5. The number of rotatable bonds is 5. The molecule has 1 atom stereocenters. The molecule has 0 saturated carbocycles. The Labute approximate surface area is 174 Å². The third-order valence-electron chi connectivity index (χ3n) is 4.50. The van der Waals surface area contributed by atoms with E-state index in [1.807, 2.05) is 14.0 Å². The van der Waals surface area contributed by atoms with Gasteiger partial charge in [0.15, 0.2) is 10.9 Å². The predicted molar refractivity (Wildman–Crippen MR) is 115 cm³/mol. The van der Waals surface area contributed by atoms with E-state index in [9.17, 15) is 4.39 Å². The van der Waals surface area contributed by atoms with E-state index >= 15 is 4.39 Å². The Hall–Kier alpha value is -2.62. The van der Waals surface area contributed by atoms with Crippen molar-refractivity contribution in [3.05, 3.63) is 41.2 Å². The minimum atomic E-state index is -0.626. The van der Waals surface area contributed by atoms with Crippen LogP contribution in [0.15, 0.2) is 24.5 Å². The maximum absolute atomic E-state index is 15.6. The summed E-state index contributed by atoms with van der Waals surface area (Å²) in [6.07, 6.45) is 1.29. The molecule has 4 rings (SSSR count). The van der Waals surface area contributed by atoms with Crippen LogP contribution < -0.4 is 16.4 Å². The van der Waals surface area contributed by atoms with E-state index in [0.717, 1.165) is 11.3 Å². The summed E-state index contributed by atoms with van der Waals surface area (Å²) in [5.41, 5.74) is 6.58. The highest BCUT2D eigenvalue weighted by atomic mass is 35.5. The van der Waals surface area contributed by atoms with Gasteiger partial charge in [-0.1, -0.05) is 22.9 Å². The van der Waals surface area contributed by atoms with Crippen LogP contribution in [0.3, 0.4) is 0 Å². The van der Waals surface area contributed by atoms with E-state index in [4.69, 9.17) is 17.3 Å². The van der Waals surface area contributed by atoms with Crippen molar-refractivity contribution >= 4 is 55.0 Å². The molecular weight excluding hydrogens is 418 g/mol. The van der Waals surface area contributed by atoms with Crippen molar-refractivity contribution < 1.29 is 8.78 Å². The van der Waals surface area contributed by atoms with Gasteiger partial charge in [-0.15, -0.1) is 0 Å². The van der Waals surface area contributed by atoms with E-state index in [0.29, 0.717) is 23.3 Å². The molecule has 6 nitrogen and oxygen atoms in total. The highest BCUT2D eigenvalue weighted by Crippen LogP contribution is 2.41. The first kappa shape index (κ1) is 19.7. The van der Waals surface area contributed by atoms with Gasteiger partial charge in [0, 0.05) is 29.1 Å². The van der Waals surface area contributed by atoms with Gasteiger partial charge in [-0.2, -0.15) is 0 Å². The van der Waals surface area contributed by atoms with Gasteiger partial charge >= 0.3 is 0 Å². The maximum atomic E-state index is 15.6. The quantitative estimate of drug-likeness (QED) is 0.430. The Morgan fingerprint density at radius 2 is 2.03 bits per heavy atom. The molecule has 29 heavy (non-hydrogen) atoms. The lowest BCUT2D eigenvalue weighted by Gasteiger charge is -2.16. The molecule has 150 valence electrons. The number of likely N-dealkylation sites (N-methyl/N-ethyl adjacent to an activating group) is 1. The maximum Gasteiger partial charge on any atom is 0.181 e. The van der Waals surface area contributed by atoms with Gasteiger partial charge in [0.1, 0.15) is 23.5 Å². The molecule has 0 spiro atoms. The molecule has 0 aliphatic carbocycles. The summed E-state index contributed by atoms with van der Waals surface area (Å²) in [6.45, 7) is 2.66. The Bertz CT molecular complexity index is 1230. The fraction of sp³-hybridized carbons (Fsp3) is 0.211. The molecule has 0 aliphatic rings. The average Bonchev–Trinajstić information content (AvgIpc) is 3.07. The molecule has 10 heteroatoms. The van der Waals surface area contributed by atoms with Crippen LogP contribution in [0.4, 0.5) is 19.7 Å². The molecule has 0 fully saturated rings. The molecule has 4 N–H and O–H groups in total. The predicted octanol–water partition coefficient (Wildman–Crippen LogP) is 4.44. The summed E-state index contributed by atoms with van der Waals surface area (Å²) in [6, 6.07) is 4.35. The fourth-order valence-corrected chi connectivity index (χ4v) is 4.33. The Kier molecular flexibility index (Phi) is 5.20. The molecule has 1 unspecified atom stereocenters. The summed E-state index contributed by atoms with van der Waals surface area (Å²) >= 11 is 7.48. The van der Waals surface area contributed by atoms with E-state index in [1.54, 1.807) is 6.07 Å². The van der Waals surface area contributed by atoms with Gasteiger partial charge in [0.25, 0.3) is 0 Å². The third-order valence-corrected chi connectivity index (χ3v) is 5.69. The molecule has 0 amide bonds. The smallest absolute Gasteiger partial charge is 0.181 e. The topological polar surface area (TPSA) is 88.8 Å². The van der Waals surface area contributed by atoms with E-state index < -0.39 is 11.6 Å². The van der Waals surface area contributed by atoms with Crippen LogP contribution in [0.1, 0.15) is 6.92 Å². The Morgan fingerprint density at radius 1 is 1.24 bits per heavy atom. The van der Waals surface area contributed by atoms with Crippen molar-refractivity contribution in [3.63, 3.8) is 0 Å². The minimum Gasteiger partial charge on any atom is -0.375 e. The molecule has 0 radical (unpaired) electrons. The number of anilines is 2. The second kappa shape index (κ2) is 7.66. The van der Waals surface area contributed by atoms with Crippen molar-refractivity contribution in [2.24, 2.45) is 0 Å². The summed E-state index contributed by atoms with van der Waals surface area (Å²) in [5.74, 6) is -0.617. The van der Waals surface area contributed by atoms with Crippen molar-refractivity contribution in [1.82, 2.24) is 20.3 Å². The summed E-state index contributed by atoms with van der Waals surface area (Å²) in [7, 11) is 1.84. The lowest BCUT2D eigenvalue weighted by Crippen LogP contribution is -2.28. The van der Waals surface area contributed by atoms with Gasteiger partial charge in [-0.05, 0) is 32.2 Å².